The van der Waals surface area contributed by atoms with Crippen LogP contribution in [0.2, 0.25) is 0 Å². The number of rotatable bonds is 21. The van der Waals surface area contributed by atoms with E-state index in [1.54, 1.807) is 0 Å². The lowest BCUT2D eigenvalue weighted by Crippen LogP contribution is -2.68. The Bertz CT molecular complexity index is 1940. The van der Waals surface area contributed by atoms with Crippen molar-refractivity contribution in [1.29, 1.82) is 0 Å². The van der Waals surface area contributed by atoms with Gasteiger partial charge in [-0.3, -0.25) is 0 Å². The summed E-state index contributed by atoms with van der Waals surface area (Å²) in [5.74, 6) is -3.90. The van der Waals surface area contributed by atoms with E-state index < -0.39 is 255 Å². The smallest absolute Gasteiger partial charge is 0.187 e. The average molecular weight is 1450 g/mol. The number of aliphatic hydroxyl groups excluding tert-OH is 14. The first-order valence-electron chi connectivity index (χ1n) is 27.0. The molecule has 21 aliphatic heterocycles. The Morgan fingerprint density at radius 1 is 0.187 bits per heavy atom. The fourth-order valence-corrected chi connectivity index (χ4v) is 14.4. The van der Waals surface area contributed by atoms with Crippen LogP contribution in [0.15, 0.2) is 32.1 Å². The quantitative estimate of drug-likeness (QED) is 0.0377. The van der Waals surface area contributed by atoms with E-state index in [9.17, 15) is 106 Å². The molecule has 91 heavy (non-hydrogen) atoms. The third-order valence-electron chi connectivity index (χ3n) is 15.6. The summed E-state index contributed by atoms with van der Waals surface area (Å²) >= 11 is 1.95. The maximum Gasteiger partial charge on any atom is 0.187 e. The summed E-state index contributed by atoms with van der Waals surface area (Å²) in [7, 11) is 0. The van der Waals surface area contributed by atoms with Crippen LogP contribution >= 0.6 is 83.6 Å². The van der Waals surface area contributed by atoms with E-state index in [0.717, 1.165) is 0 Å². The lowest BCUT2D eigenvalue weighted by Gasteiger charge is -2.50. The van der Waals surface area contributed by atoms with E-state index in [0.29, 0.717) is 0 Å². The van der Waals surface area contributed by atoms with Gasteiger partial charge in [0.05, 0.1) is 0 Å². The summed E-state index contributed by atoms with van der Waals surface area (Å²) in [6, 6.07) is 0. The van der Waals surface area contributed by atoms with Gasteiger partial charge in [-0.05, 0) is 0 Å². The molecular weight excluding hydrogens is 1390 g/mol. The predicted octanol–water partition coefficient (Wildman–Crippen LogP) is -5.27. The van der Waals surface area contributed by atoms with Crippen molar-refractivity contribution in [3.63, 3.8) is 0 Å². The second kappa shape index (κ2) is 35.3. The molecule has 21 heterocycles. The highest BCUT2D eigenvalue weighted by atomic mass is 32.2. The van der Waals surface area contributed by atoms with Crippen LogP contribution in [0.5, 0.6) is 0 Å². The minimum atomic E-state index is -2.27. The van der Waals surface area contributed by atoms with Gasteiger partial charge in [0.15, 0.2) is 44.0 Å². The van der Waals surface area contributed by atoms with E-state index in [4.69, 9.17) is 66.3 Å². The molecular formula is C42H63N7O35S7. The van der Waals surface area contributed by atoms with Gasteiger partial charge in [0.2, 0.25) is 0 Å². The summed E-state index contributed by atoms with van der Waals surface area (Å²) < 4.78 is 102. The summed E-state index contributed by atoms with van der Waals surface area (Å²) in [6.07, 6.45) is -70.9. The largest absolute Gasteiger partial charge is 0.387 e. The van der Waals surface area contributed by atoms with Crippen molar-refractivity contribution in [3.8, 4) is 0 Å². The molecule has 0 amide bonds. The predicted molar refractivity (Wildman–Crippen MR) is 307 cm³/mol. The normalized spacial score (nSPS) is 48.3. The third kappa shape index (κ3) is 17.5. The molecule has 35 atom stereocenters. The number of aliphatic hydroxyl groups is 14. The lowest BCUT2D eigenvalue weighted by molar-refractivity contribution is -0.389. The summed E-state index contributed by atoms with van der Waals surface area (Å²) in [5.41, 5.74) is 0. The molecule has 0 aromatic heterocycles. The van der Waals surface area contributed by atoms with Gasteiger partial charge >= 0.3 is 0 Å². The summed E-state index contributed by atoms with van der Waals surface area (Å²) in [4.78, 5) is 80.4. The third-order valence-corrected chi connectivity index (χ3v) is 19.6. The molecule has 0 unspecified atom stereocenters. The average Bonchev–Trinajstić information content (AvgIpc) is 0.799. The molecule has 49 heteroatoms. The Morgan fingerprint density at radius 3 is 0.396 bits per heavy atom. The van der Waals surface area contributed by atoms with Crippen LogP contribution in [0.4, 0.5) is 0 Å². The Kier molecular flexibility index (Phi) is 29.2. The molecule has 0 aromatic rings. The van der Waals surface area contributed by atoms with Crippen LogP contribution in [0, 0.1) is 34.3 Å². The fraction of sp³-hybridized carbons (Fsp3) is 1.00. The van der Waals surface area contributed by atoms with Crippen LogP contribution in [0.3, 0.4) is 0 Å². The Labute approximate surface area is 540 Å². The second-order valence-electron chi connectivity index (χ2n) is 21.0. The van der Waals surface area contributed by atoms with Gasteiger partial charge in [-0.1, -0.05) is 0 Å². The first-order chi connectivity index (χ1) is 43.7. The van der Waals surface area contributed by atoms with Crippen molar-refractivity contribution in [2.75, 3.05) is 40.3 Å². The topological polar surface area (TPSA) is 618 Å². The zero-order valence-electron chi connectivity index (χ0n) is 46.0. The molecule has 0 aliphatic carbocycles. The Balaban J connectivity index is 1.15. The molecule has 21 saturated heterocycles. The van der Waals surface area contributed by atoms with Crippen LogP contribution < -0.4 is 0 Å². The van der Waals surface area contributed by atoms with Crippen molar-refractivity contribution in [2.24, 2.45) is 32.1 Å². The fourth-order valence-electron chi connectivity index (χ4n) is 11.1. The molecule has 0 radical (unpaired) electrons. The van der Waals surface area contributed by atoms with Gasteiger partial charge in [-0.2, -0.15) is 0 Å². The highest BCUT2D eigenvalue weighted by Crippen LogP contribution is 2.41. The first-order valence-corrected chi connectivity index (χ1v) is 33.6. The zero-order chi connectivity index (χ0) is 66.0. The number of hydrogen-bond acceptors (Lipinski definition) is 49. The van der Waals surface area contributed by atoms with E-state index >= 15 is 0 Å². The number of nitroso groups, excluding NO2 is 7. The van der Waals surface area contributed by atoms with E-state index in [1.807, 2.05) is 0 Å². The number of ether oxygens (including phenoxy) is 14. The van der Waals surface area contributed by atoms with Crippen LogP contribution in [0.25, 0.3) is 0 Å². The minimum absolute atomic E-state index is 0.278. The minimum Gasteiger partial charge on any atom is -0.387 e. The molecule has 21 rings (SSSR count). The lowest BCUT2D eigenvalue weighted by atomic mass is 9.95. The van der Waals surface area contributed by atoms with Crippen molar-refractivity contribution in [1.82, 2.24) is 0 Å². The van der Waals surface area contributed by atoms with Crippen molar-refractivity contribution < 1.29 is 138 Å². The maximum atomic E-state index is 11.7. The van der Waals surface area contributed by atoms with Gasteiger partial charge < -0.3 is 138 Å². The zero-order valence-corrected chi connectivity index (χ0v) is 51.7. The Hall–Kier alpha value is -1.47. The maximum absolute atomic E-state index is 11.7. The molecule has 21 fully saturated rings. The van der Waals surface area contributed by atoms with Gasteiger partial charge in [0.1, 0.15) is 171 Å². The second-order valence-corrected chi connectivity index (χ2v) is 26.1. The molecule has 14 N–H and O–H groups in total. The van der Waals surface area contributed by atoms with Gasteiger partial charge in [-0.25, -0.2) is 0 Å². The molecule has 42 nitrogen and oxygen atoms in total. The SMILES string of the molecule is O=NSC[C@H]1O[C@@H]2O[C@H]3[C@H](O)[C@@H](O)[C@@H](O[C@H]4[C@H](O)[C@@H](O)[C@@H](O[C@H]5[C@@H](O)[C@@H](O)[C@@H](O[C@H]6[C@H](O)[C@@H](O)[C@@H](O[C@H]7[C@H](O)[C@@H](O)[C@@H](O[C@H]8[C@H](O)[C@@H](O)[C@@H](O[C@H]1[C@H](O)[C@H]2O)O[C@@H]8CSN=O)O[C@@H]7CSN=O)O[C@@H]6CSN=O)O[C@@H]5CSN=O)O[C@@H]4CSN=O)O[C@@H]3CSN=O. The molecule has 0 spiro atoms. The number of hydrogen-bond donors (Lipinski definition) is 14. The van der Waals surface area contributed by atoms with Crippen molar-refractivity contribution >= 4 is 83.6 Å². The molecule has 0 aromatic carbocycles. The Morgan fingerprint density at radius 2 is 0.297 bits per heavy atom. The van der Waals surface area contributed by atoms with Crippen LogP contribution in [-0.4, -0.2) is 327 Å². The molecule has 14 bridgehead atoms. The first kappa shape index (κ1) is 75.3. The van der Waals surface area contributed by atoms with Crippen LogP contribution in [0.1, 0.15) is 0 Å². The summed E-state index contributed by atoms with van der Waals surface area (Å²) in [6.45, 7) is 0. The van der Waals surface area contributed by atoms with Gasteiger partial charge in [0.25, 0.3) is 0 Å². The standard InChI is InChI=1S/C42H63N7O35S7/c50-15-22(57)36-71-8(1-85-43-64)29(15)78-37-23(58)16(51)31(10(72-37)3-87-45-66)80-39-25(60)18(53)33(12(74-39)5-89-47-68)82-41-27(62)20(55)35(14(76-41)7-91-49-70)84-42-28(63)21(56)34(13(77-42)6-90-48-69)83-40-26(61)19(54)32(11(75-40)4-88-46-67)81-38-24(59)17(52)30(79-36)9(73-38)2-86-44-65/h8-42,50-63H,1-7H2/t8-,9-,10-,11-,12-,13-,14-,15-,16-,17-,18-,19-,20-,21+,22-,23-,24-,25-,26-,27-,28-,29-,30-,31-,32-,33-,34-,35-,36-,37-,38-,39-,40-,41-,42-/m1/s1. The van der Waals surface area contributed by atoms with Crippen LogP contribution in [-0.2, 0) is 66.3 Å². The molecule has 0 saturated carbocycles. The highest BCUT2D eigenvalue weighted by Gasteiger charge is 2.60. The highest BCUT2D eigenvalue weighted by molar-refractivity contribution is 7.99. The van der Waals surface area contributed by atoms with Gasteiger partial charge in [0, 0.05) is 156 Å². The van der Waals surface area contributed by atoms with Crippen molar-refractivity contribution in [3.05, 3.63) is 34.3 Å². The van der Waals surface area contributed by atoms with Crippen molar-refractivity contribution in [2.45, 2.75) is 215 Å². The monoisotopic (exact) mass is 1450 g/mol. The van der Waals surface area contributed by atoms with E-state index in [-0.39, 0.29) is 83.6 Å². The van der Waals surface area contributed by atoms with E-state index in [2.05, 4.69) is 32.1 Å². The summed E-state index contributed by atoms with van der Waals surface area (Å²) in [5, 5.41) is 163. The molecule has 518 valence electrons. The molecule has 21 aliphatic rings. The van der Waals surface area contributed by atoms with E-state index in [1.165, 1.54) is 0 Å². The number of nitrogens with zero attached hydrogens (tertiary/aromatic N) is 7. The van der Waals surface area contributed by atoms with Gasteiger partial charge in [-0.15, -0.1) is 34.3 Å².